The van der Waals surface area contributed by atoms with Crippen LogP contribution in [0.2, 0.25) is 0 Å². The number of amides is 1. The van der Waals surface area contributed by atoms with E-state index in [2.05, 4.69) is 17.6 Å². The van der Waals surface area contributed by atoms with Gasteiger partial charge in [0.2, 0.25) is 5.91 Å². The lowest BCUT2D eigenvalue weighted by Crippen LogP contribution is -2.22. The van der Waals surface area contributed by atoms with Crippen LogP contribution in [0.1, 0.15) is 12.5 Å². The Kier molecular flexibility index (Phi) is 2.91. The fraction of sp³-hybridized carbons (Fsp3) is 0.444. The number of aryl methyl sites for hydroxylation is 1. The largest absolute Gasteiger partial charge is 0.357 e. The van der Waals surface area contributed by atoms with Crippen LogP contribution < -0.4 is 5.32 Å². The van der Waals surface area contributed by atoms with Crippen LogP contribution in [-0.2, 0) is 18.3 Å². The number of aromatic nitrogens is 1. The third-order valence-corrected chi connectivity index (χ3v) is 1.68. The van der Waals surface area contributed by atoms with Gasteiger partial charge in [0.1, 0.15) is 0 Å². The van der Waals surface area contributed by atoms with Gasteiger partial charge in [0.05, 0.1) is 0 Å². The molecule has 1 amide bonds. The van der Waals surface area contributed by atoms with Gasteiger partial charge in [-0.2, -0.15) is 0 Å². The van der Waals surface area contributed by atoms with E-state index >= 15 is 0 Å². The van der Waals surface area contributed by atoms with Crippen LogP contribution >= 0.6 is 0 Å². The molecule has 0 radical (unpaired) electrons. The smallest absolute Gasteiger partial charge is 0.216 e. The van der Waals surface area contributed by atoms with Crippen molar-refractivity contribution in [1.82, 2.24) is 9.88 Å². The van der Waals surface area contributed by atoms with Crippen molar-refractivity contribution in [2.75, 3.05) is 6.54 Å². The van der Waals surface area contributed by atoms with Crippen LogP contribution in [0.25, 0.3) is 0 Å². The lowest BCUT2D eigenvalue weighted by molar-refractivity contribution is -0.118. The Morgan fingerprint density at radius 3 is 2.92 bits per heavy atom. The first-order valence-corrected chi connectivity index (χ1v) is 4.04. The van der Waals surface area contributed by atoms with Crippen LogP contribution in [0.3, 0.4) is 0 Å². The summed E-state index contributed by atoms with van der Waals surface area (Å²) in [6.45, 7) is 2.25. The van der Waals surface area contributed by atoms with Crippen LogP contribution in [0.4, 0.5) is 0 Å². The first-order valence-electron chi connectivity index (χ1n) is 4.04. The number of hydrogen-bond donors (Lipinski definition) is 1. The van der Waals surface area contributed by atoms with Gasteiger partial charge in [0.25, 0.3) is 0 Å². The molecule has 0 aliphatic rings. The highest BCUT2D eigenvalue weighted by molar-refractivity contribution is 5.72. The lowest BCUT2D eigenvalue weighted by Gasteiger charge is -1.98. The average molecular weight is 166 g/mol. The SMILES string of the molecule is CC(=O)NCCc1ccn(C)c1. The Labute approximate surface area is 72.4 Å². The van der Waals surface area contributed by atoms with E-state index in [-0.39, 0.29) is 5.91 Å². The van der Waals surface area contributed by atoms with Crippen LogP contribution in [0.15, 0.2) is 18.5 Å². The maximum absolute atomic E-state index is 10.5. The van der Waals surface area contributed by atoms with Gasteiger partial charge < -0.3 is 9.88 Å². The summed E-state index contributed by atoms with van der Waals surface area (Å²) in [4.78, 5) is 10.5. The van der Waals surface area contributed by atoms with Crippen molar-refractivity contribution < 1.29 is 4.79 Å². The van der Waals surface area contributed by atoms with Crippen molar-refractivity contribution in [3.8, 4) is 0 Å². The van der Waals surface area contributed by atoms with Gasteiger partial charge in [-0.25, -0.2) is 0 Å². The van der Waals surface area contributed by atoms with Gasteiger partial charge in [0.15, 0.2) is 0 Å². The molecule has 0 aliphatic heterocycles. The van der Waals surface area contributed by atoms with E-state index in [4.69, 9.17) is 0 Å². The number of carbonyl (C=O) groups is 1. The Balaban J connectivity index is 2.29. The predicted molar refractivity (Wildman–Crippen MR) is 47.8 cm³/mol. The molecule has 0 saturated carbocycles. The minimum Gasteiger partial charge on any atom is -0.357 e. The van der Waals surface area contributed by atoms with E-state index in [1.807, 2.05) is 17.8 Å². The minimum atomic E-state index is 0.0333. The first kappa shape index (κ1) is 8.84. The summed E-state index contributed by atoms with van der Waals surface area (Å²) < 4.78 is 2.00. The van der Waals surface area contributed by atoms with Crippen LogP contribution in [0, 0.1) is 0 Å². The third kappa shape index (κ3) is 2.78. The van der Waals surface area contributed by atoms with Crippen LogP contribution in [0.5, 0.6) is 0 Å². The molecule has 1 aromatic heterocycles. The van der Waals surface area contributed by atoms with E-state index in [1.54, 1.807) is 0 Å². The molecule has 3 heteroatoms. The normalized spacial score (nSPS) is 9.83. The monoisotopic (exact) mass is 166 g/mol. The molecule has 1 rings (SSSR count). The molecule has 1 heterocycles. The molecule has 0 unspecified atom stereocenters. The number of hydrogen-bond acceptors (Lipinski definition) is 1. The van der Waals surface area contributed by atoms with Crippen molar-refractivity contribution in [2.24, 2.45) is 7.05 Å². The summed E-state index contributed by atoms with van der Waals surface area (Å²) in [6.07, 6.45) is 4.96. The maximum atomic E-state index is 10.5. The second kappa shape index (κ2) is 3.95. The summed E-state index contributed by atoms with van der Waals surface area (Å²) in [5.41, 5.74) is 1.26. The topological polar surface area (TPSA) is 34.0 Å². The molecule has 0 spiro atoms. The van der Waals surface area contributed by atoms with E-state index in [1.165, 1.54) is 12.5 Å². The molecule has 1 aromatic rings. The van der Waals surface area contributed by atoms with E-state index < -0.39 is 0 Å². The minimum absolute atomic E-state index is 0.0333. The molecule has 1 N–H and O–H groups in total. The highest BCUT2D eigenvalue weighted by Gasteiger charge is 1.94. The summed E-state index contributed by atoms with van der Waals surface area (Å²) in [5, 5.41) is 2.76. The van der Waals surface area contributed by atoms with Crippen molar-refractivity contribution in [2.45, 2.75) is 13.3 Å². The zero-order chi connectivity index (χ0) is 8.97. The molecule has 66 valence electrons. The zero-order valence-electron chi connectivity index (χ0n) is 7.50. The van der Waals surface area contributed by atoms with Gasteiger partial charge in [-0.05, 0) is 18.1 Å². The molecule has 3 nitrogen and oxygen atoms in total. The summed E-state index contributed by atoms with van der Waals surface area (Å²) >= 11 is 0. The molecule has 12 heavy (non-hydrogen) atoms. The summed E-state index contributed by atoms with van der Waals surface area (Å²) in [5.74, 6) is 0.0333. The average Bonchev–Trinajstić information content (AvgIpc) is 2.35. The Hall–Kier alpha value is -1.25. The zero-order valence-corrected chi connectivity index (χ0v) is 7.50. The Morgan fingerprint density at radius 2 is 2.42 bits per heavy atom. The molecular formula is C9H14N2O. The number of rotatable bonds is 3. The van der Waals surface area contributed by atoms with Crippen molar-refractivity contribution >= 4 is 5.91 Å². The first-order chi connectivity index (χ1) is 5.68. The predicted octanol–water partition coefficient (Wildman–Crippen LogP) is 0.704. The summed E-state index contributed by atoms with van der Waals surface area (Å²) in [6, 6.07) is 2.06. The van der Waals surface area contributed by atoms with Crippen molar-refractivity contribution in [1.29, 1.82) is 0 Å². The molecular weight excluding hydrogens is 152 g/mol. The highest BCUT2D eigenvalue weighted by atomic mass is 16.1. The molecule has 0 saturated heterocycles. The Bertz CT molecular complexity index is 265. The fourth-order valence-electron chi connectivity index (χ4n) is 1.09. The second-order valence-corrected chi connectivity index (χ2v) is 2.92. The number of nitrogens with one attached hydrogen (secondary N) is 1. The van der Waals surface area contributed by atoms with Gasteiger partial charge in [-0.3, -0.25) is 4.79 Å². The molecule has 0 atom stereocenters. The van der Waals surface area contributed by atoms with E-state index in [0.29, 0.717) is 0 Å². The lowest BCUT2D eigenvalue weighted by atomic mass is 10.2. The van der Waals surface area contributed by atoms with Crippen molar-refractivity contribution in [3.05, 3.63) is 24.0 Å². The molecule has 0 aromatic carbocycles. The maximum Gasteiger partial charge on any atom is 0.216 e. The molecule has 0 fully saturated rings. The molecule has 0 bridgehead atoms. The second-order valence-electron chi connectivity index (χ2n) is 2.92. The molecule has 0 aliphatic carbocycles. The van der Waals surface area contributed by atoms with Crippen molar-refractivity contribution in [3.63, 3.8) is 0 Å². The number of carbonyl (C=O) groups excluding carboxylic acids is 1. The van der Waals surface area contributed by atoms with E-state index in [9.17, 15) is 4.79 Å². The van der Waals surface area contributed by atoms with Gasteiger partial charge in [-0.15, -0.1) is 0 Å². The van der Waals surface area contributed by atoms with E-state index in [0.717, 1.165) is 13.0 Å². The number of nitrogens with zero attached hydrogens (tertiary/aromatic N) is 1. The standard InChI is InChI=1S/C9H14N2O/c1-8(12)10-5-3-9-4-6-11(2)7-9/h4,6-7H,3,5H2,1-2H3,(H,10,12). The van der Waals surface area contributed by atoms with Gasteiger partial charge in [0, 0.05) is 32.9 Å². The van der Waals surface area contributed by atoms with Gasteiger partial charge in [-0.1, -0.05) is 0 Å². The Morgan fingerprint density at radius 1 is 1.67 bits per heavy atom. The summed E-state index contributed by atoms with van der Waals surface area (Å²) in [7, 11) is 1.99. The fourth-order valence-corrected chi connectivity index (χ4v) is 1.09. The highest BCUT2D eigenvalue weighted by Crippen LogP contribution is 1.98. The van der Waals surface area contributed by atoms with Gasteiger partial charge >= 0.3 is 0 Å². The quantitative estimate of drug-likeness (QED) is 0.704. The third-order valence-electron chi connectivity index (χ3n) is 1.68. The van der Waals surface area contributed by atoms with Crippen LogP contribution in [-0.4, -0.2) is 17.0 Å².